The molecule has 0 aliphatic carbocycles. The van der Waals surface area contributed by atoms with Crippen molar-refractivity contribution in [3.63, 3.8) is 0 Å². The molecule has 0 unspecified atom stereocenters. The van der Waals surface area contributed by atoms with Gasteiger partial charge in [-0.2, -0.15) is 0 Å². The fourth-order valence-corrected chi connectivity index (χ4v) is 3.96. The maximum Gasteiger partial charge on any atom is 0.322 e. The van der Waals surface area contributed by atoms with E-state index in [-0.39, 0.29) is 28.1 Å². The van der Waals surface area contributed by atoms with E-state index in [2.05, 4.69) is 20.2 Å². The molecule has 3 aromatic carbocycles. The Hall–Kier alpha value is -4.18. The van der Waals surface area contributed by atoms with Gasteiger partial charge in [0.2, 0.25) is 5.89 Å². The highest BCUT2D eigenvalue weighted by molar-refractivity contribution is 7.92. The molecule has 0 saturated carbocycles. The third-order valence-corrected chi connectivity index (χ3v) is 5.83. The van der Waals surface area contributed by atoms with Gasteiger partial charge in [0.25, 0.3) is 15.9 Å². The normalized spacial score (nSPS) is 11.0. The SMILES string of the molecule is COc1ccc(-c2nnc(NC(=O)c3ccccc3NS(=O)(=O)c3ccccc3)o2)cc1. The van der Waals surface area contributed by atoms with E-state index in [1.165, 1.54) is 24.3 Å². The number of sulfonamides is 1. The average molecular weight is 450 g/mol. The lowest BCUT2D eigenvalue weighted by Gasteiger charge is -2.11. The van der Waals surface area contributed by atoms with E-state index >= 15 is 0 Å². The van der Waals surface area contributed by atoms with E-state index in [9.17, 15) is 13.2 Å². The molecule has 0 fully saturated rings. The lowest BCUT2D eigenvalue weighted by molar-refractivity contribution is 0.102. The minimum atomic E-state index is -3.87. The van der Waals surface area contributed by atoms with Gasteiger partial charge in [0, 0.05) is 5.56 Å². The number of hydrogen-bond donors (Lipinski definition) is 2. The van der Waals surface area contributed by atoms with Gasteiger partial charge in [0.05, 0.1) is 23.3 Å². The molecule has 0 bridgehead atoms. The first-order valence-electron chi connectivity index (χ1n) is 9.42. The number of para-hydroxylation sites is 1. The zero-order chi connectivity index (χ0) is 22.6. The summed E-state index contributed by atoms with van der Waals surface area (Å²) in [5.74, 6) is 0.277. The second-order valence-corrected chi connectivity index (χ2v) is 8.24. The molecule has 4 aromatic rings. The molecule has 0 saturated heterocycles. The van der Waals surface area contributed by atoms with Crippen LogP contribution in [0.5, 0.6) is 5.75 Å². The zero-order valence-corrected chi connectivity index (χ0v) is 17.7. The molecule has 0 aliphatic heterocycles. The van der Waals surface area contributed by atoms with E-state index in [0.29, 0.717) is 11.3 Å². The van der Waals surface area contributed by atoms with Crippen LogP contribution < -0.4 is 14.8 Å². The molecule has 1 heterocycles. The van der Waals surface area contributed by atoms with Crippen molar-refractivity contribution in [2.75, 3.05) is 17.1 Å². The molecule has 0 aliphatic rings. The number of ether oxygens (including phenoxy) is 1. The molecule has 9 nitrogen and oxygen atoms in total. The summed E-state index contributed by atoms with van der Waals surface area (Å²) in [6.45, 7) is 0. The number of benzene rings is 3. The third kappa shape index (κ3) is 4.60. The van der Waals surface area contributed by atoms with Gasteiger partial charge < -0.3 is 9.15 Å². The quantitative estimate of drug-likeness (QED) is 0.439. The van der Waals surface area contributed by atoms with Crippen molar-refractivity contribution in [3.8, 4) is 17.2 Å². The lowest BCUT2D eigenvalue weighted by atomic mass is 10.2. The Morgan fingerprint density at radius 2 is 1.59 bits per heavy atom. The van der Waals surface area contributed by atoms with Gasteiger partial charge in [-0.1, -0.05) is 35.4 Å². The monoisotopic (exact) mass is 450 g/mol. The largest absolute Gasteiger partial charge is 0.497 e. The smallest absolute Gasteiger partial charge is 0.322 e. The summed E-state index contributed by atoms with van der Waals surface area (Å²) < 4.78 is 38.4. The summed E-state index contributed by atoms with van der Waals surface area (Å²) in [4.78, 5) is 12.9. The Kier molecular flexibility index (Phi) is 5.86. The minimum Gasteiger partial charge on any atom is -0.497 e. The van der Waals surface area contributed by atoms with Gasteiger partial charge in [-0.15, -0.1) is 5.10 Å². The van der Waals surface area contributed by atoms with Gasteiger partial charge >= 0.3 is 6.01 Å². The van der Waals surface area contributed by atoms with Crippen LogP contribution in [0.3, 0.4) is 0 Å². The number of methoxy groups -OCH3 is 1. The number of hydrogen-bond acceptors (Lipinski definition) is 7. The number of nitrogens with zero attached hydrogens (tertiary/aromatic N) is 2. The highest BCUT2D eigenvalue weighted by Gasteiger charge is 2.20. The highest BCUT2D eigenvalue weighted by Crippen LogP contribution is 2.24. The molecule has 0 radical (unpaired) electrons. The summed E-state index contributed by atoms with van der Waals surface area (Å²) in [7, 11) is -2.31. The van der Waals surface area contributed by atoms with Crippen LogP contribution in [0.25, 0.3) is 11.5 Å². The zero-order valence-electron chi connectivity index (χ0n) is 16.8. The van der Waals surface area contributed by atoms with Crippen molar-refractivity contribution >= 4 is 27.6 Å². The first kappa shape index (κ1) is 21.1. The van der Waals surface area contributed by atoms with Gasteiger partial charge in [0.15, 0.2) is 0 Å². The molecular formula is C22H18N4O5S. The Labute approximate surface area is 184 Å². The Bertz CT molecular complexity index is 1340. The van der Waals surface area contributed by atoms with Gasteiger partial charge in [-0.05, 0) is 48.5 Å². The number of carbonyl (C=O) groups is 1. The van der Waals surface area contributed by atoms with Crippen LogP contribution in [-0.4, -0.2) is 31.6 Å². The number of carbonyl (C=O) groups excluding carboxylic acids is 1. The number of amides is 1. The summed E-state index contributed by atoms with van der Waals surface area (Å²) in [5, 5.41) is 10.3. The van der Waals surface area contributed by atoms with Crippen molar-refractivity contribution in [2.24, 2.45) is 0 Å². The first-order chi connectivity index (χ1) is 15.5. The number of aromatic nitrogens is 2. The molecule has 4 rings (SSSR count). The molecular weight excluding hydrogens is 432 g/mol. The van der Waals surface area contributed by atoms with Crippen LogP contribution >= 0.6 is 0 Å². The fraction of sp³-hybridized carbons (Fsp3) is 0.0455. The molecule has 162 valence electrons. The van der Waals surface area contributed by atoms with E-state index in [1.54, 1.807) is 61.7 Å². The predicted octanol–water partition coefficient (Wildman–Crippen LogP) is 3.80. The predicted molar refractivity (Wildman–Crippen MR) is 118 cm³/mol. The fourth-order valence-electron chi connectivity index (χ4n) is 2.86. The van der Waals surface area contributed by atoms with Crippen LogP contribution in [0.1, 0.15) is 10.4 Å². The summed E-state index contributed by atoms with van der Waals surface area (Å²) >= 11 is 0. The molecule has 0 spiro atoms. The summed E-state index contributed by atoms with van der Waals surface area (Å²) in [5.41, 5.74) is 0.856. The number of anilines is 2. The van der Waals surface area contributed by atoms with Crippen molar-refractivity contribution in [1.82, 2.24) is 10.2 Å². The van der Waals surface area contributed by atoms with Crippen molar-refractivity contribution < 1.29 is 22.4 Å². The lowest BCUT2D eigenvalue weighted by Crippen LogP contribution is -2.18. The van der Waals surface area contributed by atoms with Crippen LogP contribution in [-0.2, 0) is 10.0 Å². The topological polar surface area (TPSA) is 123 Å². The first-order valence-corrected chi connectivity index (χ1v) is 10.9. The second kappa shape index (κ2) is 8.90. The molecule has 1 aromatic heterocycles. The summed E-state index contributed by atoms with van der Waals surface area (Å²) in [6.07, 6.45) is 0. The molecule has 0 atom stereocenters. The van der Waals surface area contributed by atoms with Crippen LogP contribution in [0.2, 0.25) is 0 Å². The standard InChI is InChI=1S/C22H18N4O5S/c1-30-16-13-11-15(12-14-16)21-24-25-22(31-21)23-20(27)18-9-5-6-10-19(18)26-32(28,29)17-7-3-2-4-8-17/h2-14,26H,1H3,(H,23,25,27). The molecule has 10 heteroatoms. The molecule has 32 heavy (non-hydrogen) atoms. The van der Waals surface area contributed by atoms with Crippen molar-refractivity contribution in [3.05, 3.63) is 84.4 Å². The maximum atomic E-state index is 12.8. The van der Waals surface area contributed by atoms with E-state index in [4.69, 9.17) is 9.15 Å². The minimum absolute atomic E-state index is 0.0799. The maximum absolute atomic E-state index is 12.8. The average Bonchev–Trinajstić information content (AvgIpc) is 3.28. The number of rotatable bonds is 7. The second-order valence-electron chi connectivity index (χ2n) is 6.56. The van der Waals surface area contributed by atoms with Crippen LogP contribution in [0.15, 0.2) is 88.2 Å². The van der Waals surface area contributed by atoms with E-state index < -0.39 is 15.9 Å². The highest BCUT2D eigenvalue weighted by atomic mass is 32.2. The van der Waals surface area contributed by atoms with Crippen LogP contribution in [0.4, 0.5) is 11.7 Å². The molecule has 1 amide bonds. The van der Waals surface area contributed by atoms with Crippen LogP contribution in [0, 0.1) is 0 Å². The van der Waals surface area contributed by atoms with E-state index in [0.717, 1.165) is 0 Å². The number of nitrogens with one attached hydrogen (secondary N) is 2. The van der Waals surface area contributed by atoms with E-state index in [1.807, 2.05) is 0 Å². The third-order valence-electron chi connectivity index (χ3n) is 4.45. The van der Waals surface area contributed by atoms with Gasteiger partial charge in [-0.25, -0.2) is 8.42 Å². The Balaban J connectivity index is 1.53. The van der Waals surface area contributed by atoms with Crippen molar-refractivity contribution in [2.45, 2.75) is 4.90 Å². The Morgan fingerprint density at radius 1 is 0.906 bits per heavy atom. The van der Waals surface area contributed by atoms with Gasteiger partial charge in [-0.3, -0.25) is 14.8 Å². The van der Waals surface area contributed by atoms with Crippen molar-refractivity contribution in [1.29, 1.82) is 0 Å². The Morgan fingerprint density at radius 3 is 2.31 bits per heavy atom. The summed E-state index contributed by atoms with van der Waals surface area (Å²) in [6, 6.07) is 20.9. The van der Waals surface area contributed by atoms with Gasteiger partial charge in [0.1, 0.15) is 5.75 Å². The molecule has 2 N–H and O–H groups in total.